The summed E-state index contributed by atoms with van der Waals surface area (Å²) < 4.78 is 2.73. The fraction of sp³-hybridized carbons (Fsp3) is 0.214. The minimum Gasteiger partial charge on any atom is -0.388 e. The zero-order chi connectivity index (χ0) is 29.1. The monoisotopic (exact) mass is 546 g/mol. The summed E-state index contributed by atoms with van der Waals surface area (Å²) in [5.74, 6) is -1.70. The lowest BCUT2D eigenvalue weighted by Gasteiger charge is -2.21. The Morgan fingerprint density at radius 1 is 0.625 bits per heavy atom. The average molecular weight is 547 g/mol. The lowest BCUT2D eigenvalue weighted by atomic mass is 10.2. The fourth-order valence-corrected chi connectivity index (χ4v) is 4.16. The summed E-state index contributed by atoms with van der Waals surface area (Å²) in [6, 6.07) is 15.4. The molecular formula is C28H26N4O8. The second kappa shape index (κ2) is 11.4. The van der Waals surface area contributed by atoms with Crippen LogP contribution in [-0.4, -0.2) is 52.5 Å². The maximum atomic E-state index is 13.0. The molecule has 40 heavy (non-hydrogen) atoms. The summed E-state index contributed by atoms with van der Waals surface area (Å²) in [5, 5.41) is 21.4. The highest BCUT2D eigenvalue weighted by Crippen LogP contribution is 2.04. The number of carbonyl (C=O) groups excluding carboxylic acids is 2. The van der Waals surface area contributed by atoms with Crippen molar-refractivity contribution in [2.24, 2.45) is 0 Å². The van der Waals surface area contributed by atoms with Crippen molar-refractivity contribution in [2.45, 2.75) is 39.1 Å². The third-order valence-electron chi connectivity index (χ3n) is 6.31. The lowest BCUT2D eigenvalue weighted by Crippen LogP contribution is -2.48. The van der Waals surface area contributed by atoms with Gasteiger partial charge >= 0.3 is 11.4 Å². The van der Waals surface area contributed by atoms with Crippen LogP contribution in [0, 0.1) is 13.8 Å². The molecule has 0 unspecified atom stereocenters. The van der Waals surface area contributed by atoms with E-state index in [0.29, 0.717) is 9.13 Å². The third kappa shape index (κ3) is 5.44. The van der Waals surface area contributed by atoms with Crippen molar-refractivity contribution in [3.63, 3.8) is 0 Å². The van der Waals surface area contributed by atoms with Gasteiger partial charge in [-0.25, -0.2) is 9.59 Å². The van der Waals surface area contributed by atoms with Crippen LogP contribution in [0.4, 0.5) is 0 Å². The van der Waals surface area contributed by atoms with E-state index in [0.717, 1.165) is 21.5 Å². The number of aliphatic hydroxyl groups excluding tert-OH is 2. The Morgan fingerprint density at radius 3 is 1.27 bits per heavy atom. The number of hydrogen-bond donors (Lipinski definition) is 2. The largest absolute Gasteiger partial charge is 0.388 e. The summed E-state index contributed by atoms with van der Waals surface area (Å²) >= 11 is 0. The van der Waals surface area contributed by atoms with Crippen LogP contribution in [0.5, 0.6) is 0 Å². The van der Waals surface area contributed by atoms with Crippen molar-refractivity contribution < 1.29 is 19.8 Å². The Morgan fingerprint density at radius 2 is 0.950 bits per heavy atom. The summed E-state index contributed by atoms with van der Waals surface area (Å²) in [7, 11) is 0. The molecule has 0 saturated heterocycles. The number of aryl methyl sites for hydroxylation is 2. The fourth-order valence-electron chi connectivity index (χ4n) is 4.16. The molecule has 0 bridgehead atoms. The summed E-state index contributed by atoms with van der Waals surface area (Å²) in [5.41, 5.74) is -3.39. The molecule has 4 aromatic rings. The van der Waals surface area contributed by atoms with Crippen LogP contribution in [0.25, 0.3) is 0 Å². The first-order valence-corrected chi connectivity index (χ1v) is 12.2. The van der Waals surface area contributed by atoms with Gasteiger partial charge in [-0.1, -0.05) is 36.4 Å². The van der Waals surface area contributed by atoms with Crippen LogP contribution < -0.4 is 22.5 Å². The Hall–Kier alpha value is -4.94. The van der Waals surface area contributed by atoms with Crippen LogP contribution >= 0.6 is 0 Å². The van der Waals surface area contributed by atoms with Crippen LogP contribution in [0.15, 0.2) is 92.2 Å². The summed E-state index contributed by atoms with van der Waals surface area (Å²) in [6.07, 6.45) is -0.978. The van der Waals surface area contributed by atoms with Gasteiger partial charge in [0.15, 0.2) is 0 Å². The van der Waals surface area contributed by atoms with Crippen LogP contribution in [0.1, 0.15) is 31.8 Å². The highest BCUT2D eigenvalue weighted by atomic mass is 16.3. The van der Waals surface area contributed by atoms with Crippen molar-refractivity contribution in [1.82, 2.24) is 18.3 Å². The van der Waals surface area contributed by atoms with Gasteiger partial charge in [-0.05, 0) is 38.1 Å². The number of rotatable bonds is 7. The van der Waals surface area contributed by atoms with Gasteiger partial charge in [0, 0.05) is 34.6 Å². The number of carbonyl (C=O) groups is 2. The van der Waals surface area contributed by atoms with E-state index in [1.54, 1.807) is 36.4 Å². The first-order chi connectivity index (χ1) is 19.0. The number of nitrogens with zero attached hydrogens (tertiary/aromatic N) is 4. The second-order valence-corrected chi connectivity index (χ2v) is 9.25. The van der Waals surface area contributed by atoms with E-state index in [2.05, 4.69) is 0 Å². The Balaban J connectivity index is 1.63. The molecule has 0 radical (unpaired) electrons. The highest BCUT2D eigenvalue weighted by molar-refractivity contribution is 5.96. The van der Waals surface area contributed by atoms with Crippen LogP contribution in [-0.2, 0) is 13.1 Å². The van der Waals surface area contributed by atoms with E-state index in [1.165, 1.54) is 38.1 Å². The SMILES string of the molecule is Cc1cn(C[C@@H](O)[C@H](O)Cn2cc(C)c(=O)n(C(=O)c3ccccc3)c2=O)c(=O)n(C(=O)c2ccccc2)c1=O. The standard InChI is InChI=1S/C28H26N4O8/c1-17-13-29(27(39)31(23(17)35)25(37)19-9-5-3-6-10-19)15-21(33)22(34)16-30-14-18(2)24(36)32(28(30)40)26(38)20-11-7-4-8-12-20/h3-14,21-22,33-34H,15-16H2,1-2H3/t21-,22-/m1/s1. The smallest absolute Gasteiger partial charge is 0.338 e. The molecule has 0 aliphatic rings. The molecular weight excluding hydrogens is 520 g/mol. The van der Waals surface area contributed by atoms with E-state index in [1.807, 2.05) is 0 Å². The zero-order valence-corrected chi connectivity index (χ0v) is 21.6. The molecule has 2 N–H and O–H groups in total. The Kier molecular flexibility index (Phi) is 8.03. The molecule has 2 atom stereocenters. The van der Waals surface area contributed by atoms with E-state index < -0.39 is 59.6 Å². The van der Waals surface area contributed by atoms with Crippen molar-refractivity contribution >= 4 is 11.8 Å². The second-order valence-electron chi connectivity index (χ2n) is 9.25. The van der Waals surface area contributed by atoms with Gasteiger partial charge in [-0.2, -0.15) is 9.13 Å². The van der Waals surface area contributed by atoms with E-state index >= 15 is 0 Å². The maximum Gasteiger partial charge on any atom is 0.338 e. The van der Waals surface area contributed by atoms with Gasteiger partial charge in [0.1, 0.15) is 0 Å². The normalized spacial score (nSPS) is 12.6. The molecule has 12 nitrogen and oxygen atoms in total. The van der Waals surface area contributed by atoms with E-state index in [9.17, 15) is 39.0 Å². The third-order valence-corrected chi connectivity index (χ3v) is 6.31. The van der Waals surface area contributed by atoms with Crippen LogP contribution in [0.3, 0.4) is 0 Å². The predicted octanol–water partition coefficient (Wildman–Crippen LogP) is -0.251. The average Bonchev–Trinajstić information content (AvgIpc) is 2.95. The van der Waals surface area contributed by atoms with Gasteiger partial charge < -0.3 is 10.2 Å². The highest BCUT2D eigenvalue weighted by Gasteiger charge is 2.24. The zero-order valence-electron chi connectivity index (χ0n) is 21.6. The molecule has 2 heterocycles. The summed E-state index contributed by atoms with van der Waals surface area (Å²) in [4.78, 5) is 77.1. The molecule has 12 heteroatoms. The van der Waals surface area contributed by atoms with Crippen molar-refractivity contribution in [3.8, 4) is 0 Å². The molecule has 0 spiro atoms. The Bertz CT molecular complexity index is 1680. The number of aliphatic hydroxyl groups is 2. The summed E-state index contributed by atoms with van der Waals surface area (Å²) in [6.45, 7) is 1.73. The predicted molar refractivity (Wildman–Crippen MR) is 144 cm³/mol. The molecule has 0 amide bonds. The molecule has 0 aliphatic heterocycles. The van der Waals surface area contributed by atoms with E-state index in [-0.39, 0.29) is 22.3 Å². The number of aromatic nitrogens is 4. The quantitative estimate of drug-likeness (QED) is 0.321. The van der Waals surface area contributed by atoms with Gasteiger partial charge in [0.25, 0.3) is 22.9 Å². The number of benzene rings is 2. The molecule has 2 aromatic carbocycles. The van der Waals surface area contributed by atoms with Crippen molar-refractivity contribution in [1.29, 1.82) is 0 Å². The van der Waals surface area contributed by atoms with Crippen molar-refractivity contribution in [3.05, 3.63) is 137 Å². The van der Waals surface area contributed by atoms with Gasteiger partial charge in [-0.15, -0.1) is 0 Å². The minimum atomic E-state index is -1.65. The molecule has 2 aromatic heterocycles. The molecule has 0 fully saturated rings. The van der Waals surface area contributed by atoms with Gasteiger partial charge in [0.05, 0.1) is 25.3 Å². The Labute approximate surface area is 226 Å². The molecule has 0 aliphatic carbocycles. The van der Waals surface area contributed by atoms with Gasteiger partial charge in [0.2, 0.25) is 0 Å². The molecule has 4 rings (SSSR count). The lowest BCUT2D eigenvalue weighted by molar-refractivity contribution is -0.00184. The first kappa shape index (κ1) is 28.1. The molecule has 206 valence electrons. The van der Waals surface area contributed by atoms with E-state index in [4.69, 9.17) is 0 Å². The van der Waals surface area contributed by atoms with Crippen molar-refractivity contribution in [2.75, 3.05) is 0 Å². The molecule has 0 saturated carbocycles. The number of hydrogen-bond acceptors (Lipinski definition) is 8. The van der Waals surface area contributed by atoms with Gasteiger partial charge in [-0.3, -0.25) is 28.3 Å². The van der Waals surface area contributed by atoms with Crippen LogP contribution in [0.2, 0.25) is 0 Å². The maximum absolute atomic E-state index is 13.0. The first-order valence-electron chi connectivity index (χ1n) is 12.2. The topological polar surface area (TPSA) is 163 Å². The minimum absolute atomic E-state index is 0.0453.